The number of methoxy groups -OCH3 is 1. The van der Waals surface area contributed by atoms with Crippen molar-refractivity contribution in [2.75, 3.05) is 19.0 Å². The van der Waals surface area contributed by atoms with Crippen molar-refractivity contribution >= 4 is 28.6 Å². The molecule has 0 aliphatic carbocycles. The molecule has 8 heteroatoms. The summed E-state index contributed by atoms with van der Waals surface area (Å²) in [7, 11) is 1.28. The SMILES string of the molecule is COC(=O)CCN=C(Nc1ccc(F)cc1)SCc1c(F)cccc1F. The van der Waals surface area contributed by atoms with E-state index in [1.165, 1.54) is 49.6 Å². The van der Waals surface area contributed by atoms with E-state index in [0.717, 1.165) is 11.8 Å². The average molecular weight is 382 g/mol. The summed E-state index contributed by atoms with van der Waals surface area (Å²) in [6, 6.07) is 9.22. The van der Waals surface area contributed by atoms with Gasteiger partial charge in [0.2, 0.25) is 0 Å². The molecule has 1 N–H and O–H groups in total. The molecule has 0 aliphatic rings. The molecule has 0 bridgehead atoms. The van der Waals surface area contributed by atoms with Crippen LogP contribution < -0.4 is 5.32 Å². The lowest BCUT2D eigenvalue weighted by atomic mass is 10.2. The first kappa shape index (κ1) is 19.8. The summed E-state index contributed by atoms with van der Waals surface area (Å²) in [5, 5.41) is 3.31. The van der Waals surface area contributed by atoms with Crippen molar-refractivity contribution in [3.05, 3.63) is 65.5 Å². The normalized spacial score (nSPS) is 11.3. The van der Waals surface area contributed by atoms with Gasteiger partial charge in [0.05, 0.1) is 20.1 Å². The molecule has 138 valence electrons. The lowest BCUT2D eigenvalue weighted by Crippen LogP contribution is -2.11. The molecular weight excluding hydrogens is 365 g/mol. The van der Waals surface area contributed by atoms with Gasteiger partial charge in [0.25, 0.3) is 0 Å². The van der Waals surface area contributed by atoms with Gasteiger partial charge in [0.1, 0.15) is 17.5 Å². The van der Waals surface area contributed by atoms with Crippen molar-refractivity contribution in [2.45, 2.75) is 12.2 Å². The van der Waals surface area contributed by atoms with Crippen LogP contribution in [-0.4, -0.2) is 24.8 Å². The van der Waals surface area contributed by atoms with Crippen LogP contribution in [0, 0.1) is 17.5 Å². The zero-order valence-electron chi connectivity index (χ0n) is 14.0. The number of amidine groups is 1. The topological polar surface area (TPSA) is 50.7 Å². The number of hydrogen-bond donors (Lipinski definition) is 1. The van der Waals surface area contributed by atoms with Gasteiger partial charge in [-0.3, -0.25) is 9.79 Å². The van der Waals surface area contributed by atoms with Gasteiger partial charge in [-0.05, 0) is 36.4 Å². The maximum Gasteiger partial charge on any atom is 0.307 e. The van der Waals surface area contributed by atoms with E-state index in [1.807, 2.05) is 0 Å². The zero-order valence-corrected chi connectivity index (χ0v) is 14.8. The summed E-state index contributed by atoms with van der Waals surface area (Å²) in [5.41, 5.74) is 0.490. The molecular formula is C18H17F3N2O2S. The van der Waals surface area contributed by atoms with E-state index in [9.17, 15) is 18.0 Å². The third-order valence-electron chi connectivity index (χ3n) is 3.31. The minimum Gasteiger partial charge on any atom is -0.469 e. The molecule has 2 rings (SSSR count). The molecule has 0 saturated carbocycles. The highest BCUT2D eigenvalue weighted by molar-refractivity contribution is 8.13. The lowest BCUT2D eigenvalue weighted by Gasteiger charge is -2.11. The second-order valence-electron chi connectivity index (χ2n) is 5.13. The first-order valence-electron chi connectivity index (χ1n) is 7.69. The highest BCUT2D eigenvalue weighted by atomic mass is 32.2. The van der Waals surface area contributed by atoms with Crippen molar-refractivity contribution in [3.63, 3.8) is 0 Å². The van der Waals surface area contributed by atoms with Crippen LogP contribution >= 0.6 is 11.8 Å². The van der Waals surface area contributed by atoms with Crippen molar-refractivity contribution in [3.8, 4) is 0 Å². The number of carbonyl (C=O) groups excluding carboxylic acids is 1. The summed E-state index contributed by atoms with van der Waals surface area (Å²) in [6.45, 7) is 0.142. The van der Waals surface area contributed by atoms with Gasteiger partial charge in [0.15, 0.2) is 5.17 Å². The minimum atomic E-state index is -0.645. The summed E-state index contributed by atoms with van der Waals surface area (Å²) >= 11 is 1.07. The number of esters is 1. The molecule has 0 spiro atoms. The van der Waals surface area contributed by atoms with Crippen molar-refractivity contribution < 1.29 is 22.7 Å². The molecule has 0 fully saturated rings. The minimum absolute atomic E-state index is 0.00373. The molecule has 0 unspecified atom stereocenters. The van der Waals surface area contributed by atoms with E-state index in [4.69, 9.17) is 0 Å². The number of carbonyl (C=O) groups is 1. The Morgan fingerprint density at radius 3 is 2.38 bits per heavy atom. The Labute approximate surface area is 153 Å². The monoisotopic (exact) mass is 382 g/mol. The van der Waals surface area contributed by atoms with Crippen molar-refractivity contribution in [1.29, 1.82) is 0 Å². The molecule has 0 atom stereocenters. The van der Waals surface area contributed by atoms with E-state index >= 15 is 0 Å². The molecule has 4 nitrogen and oxygen atoms in total. The Balaban J connectivity index is 2.10. The number of ether oxygens (including phenoxy) is 1. The average Bonchev–Trinajstić information content (AvgIpc) is 2.62. The quantitative estimate of drug-likeness (QED) is 0.458. The van der Waals surface area contributed by atoms with E-state index in [2.05, 4.69) is 15.0 Å². The Morgan fingerprint density at radius 1 is 1.12 bits per heavy atom. The number of rotatable bonds is 6. The molecule has 0 aromatic heterocycles. The van der Waals surface area contributed by atoms with E-state index in [-0.39, 0.29) is 30.1 Å². The van der Waals surface area contributed by atoms with Gasteiger partial charge in [0, 0.05) is 17.0 Å². The second-order valence-corrected chi connectivity index (χ2v) is 6.10. The van der Waals surface area contributed by atoms with Crippen LogP contribution in [0.5, 0.6) is 0 Å². The van der Waals surface area contributed by atoms with E-state index in [1.54, 1.807) is 0 Å². The molecule has 0 amide bonds. The highest BCUT2D eigenvalue weighted by Crippen LogP contribution is 2.21. The van der Waals surface area contributed by atoms with Crippen LogP contribution in [0.3, 0.4) is 0 Å². The fourth-order valence-electron chi connectivity index (χ4n) is 1.94. The predicted octanol–water partition coefficient (Wildman–Crippen LogP) is 4.37. The number of hydrogen-bond acceptors (Lipinski definition) is 4. The van der Waals surface area contributed by atoms with E-state index in [0.29, 0.717) is 10.9 Å². The number of halogens is 3. The fourth-order valence-corrected chi connectivity index (χ4v) is 2.87. The molecule has 2 aromatic rings. The zero-order chi connectivity index (χ0) is 18.9. The highest BCUT2D eigenvalue weighted by Gasteiger charge is 2.11. The number of anilines is 1. The van der Waals surface area contributed by atoms with Crippen LogP contribution in [0.1, 0.15) is 12.0 Å². The molecule has 2 aromatic carbocycles. The van der Waals surface area contributed by atoms with Gasteiger partial charge in [-0.25, -0.2) is 13.2 Å². The van der Waals surface area contributed by atoms with Crippen LogP contribution in [0.2, 0.25) is 0 Å². The molecule has 0 saturated heterocycles. The molecule has 0 aliphatic heterocycles. The summed E-state index contributed by atoms with van der Waals surface area (Å²) in [6.07, 6.45) is 0.0692. The first-order valence-corrected chi connectivity index (χ1v) is 8.67. The lowest BCUT2D eigenvalue weighted by molar-refractivity contribution is -0.140. The van der Waals surface area contributed by atoms with Crippen LogP contribution in [-0.2, 0) is 15.3 Å². The van der Waals surface area contributed by atoms with Crippen LogP contribution in [0.25, 0.3) is 0 Å². The van der Waals surface area contributed by atoms with Crippen LogP contribution in [0.15, 0.2) is 47.5 Å². The second kappa shape index (κ2) is 9.86. The summed E-state index contributed by atoms with van der Waals surface area (Å²) in [4.78, 5) is 15.4. The summed E-state index contributed by atoms with van der Waals surface area (Å²) in [5.74, 6) is -2.09. The van der Waals surface area contributed by atoms with Gasteiger partial charge >= 0.3 is 5.97 Å². The smallest absolute Gasteiger partial charge is 0.307 e. The van der Waals surface area contributed by atoms with Gasteiger partial charge in [-0.2, -0.15) is 0 Å². The Kier molecular flexibility index (Phi) is 7.53. The maximum atomic E-state index is 13.8. The molecule has 0 radical (unpaired) electrons. The fraction of sp³-hybridized carbons (Fsp3) is 0.222. The molecule has 26 heavy (non-hydrogen) atoms. The third kappa shape index (κ3) is 6.11. The molecule has 0 heterocycles. The number of nitrogens with zero attached hydrogens (tertiary/aromatic N) is 1. The predicted molar refractivity (Wildman–Crippen MR) is 96.6 cm³/mol. The maximum absolute atomic E-state index is 13.8. The van der Waals surface area contributed by atoms with Gasteiger partial charge in [-0.15, -0.1) is 0 Å². The number of nitrogens with one attached hydrogen (secondary N) is 1. The Bertz CT molecular complexity index is 762. The van der Waals surface area contributed by atoms with Gasteiger partial charge in [-0.1, -0.05) is 17.8 Å². The third-order valence-corrected chi connectivity index (χ3v) is 4.25. The Morgan fingerprint density at radius 2 is 1.77 bits per heavy atom. The van der Waals surface area contributed by atoms with E-state index < -0.39 is 17.6 Å². The Hall–Kier alpha value is -2.48. The van der Waals surface area contributed by atoms with Crippen LogP contribution in [0.4, 0.5) is 18.9 Å². The standard InChI is InChI=1S/C18H17F3N2O2S/c1-25-17(24)9-10-22-18(23-13-7-5-12(19)6-8-13)26-11-14-15(20)3-2-4-16(14)21/h2-8H,9-11H2,1H3,(H,22,23). The van der Waals surface area contributed by atoms with Crippen molar-refractivity contribution in [2.24, 2.45) is 4.99 Å². The largest absolute Gasteiger partial charge is 0.469 e. The summed E-state index contributed by atoms with van der Waals surface area (Å²) < 4.78 is 45.1. The number of thioether (sulfide) groups is 1. The number of benzene rings is 2. The first-order chi connectivity index (χ1) is 12.5. The number of aliphatic imine (C=N–C) groups is 1. The van der Waals surface area contributed by atoms with Gasteiger partial charge < -0.3 is 10.1 Å². The van der Waals surface area contributed by atoms with Crippen molar-refractivity contribution in [1.82, 2.24) is 0 Å².